The molecule has 0 saturated carbocycles. The van der Waals surface area contributed by atoms with Gasteiger partial charge in [-0.2, -0.15) is 28.1 Å². The Morgan fingerprint density at radius 1 is 1.13 bits per heavy atom. The zero-order valence-corrected chi connectivity index (χ0v) is 13.1. The largest absolute Gasteiger partial charge is 0.451 e. The quantitative estimate of drug-likeness (QED) is 0.803. The minimum atomic E-state index is -4.65. The molecule has 0 aliphatic heterocycles. The molecule has 0 bridgehead atoms. The molecule has 9 heteroatoms. The normalized spacial score (nSPS) is 11.5. The molecular weight excluding hydrogens is 331 g/mol. The molecule has 0 fully saturated rings. The first kappa shape index (κ1) is 17.4. The van der Waals surface area contributed by atoms with Crippen molar-refractivity contribution in [2.45, 2.75) is 25.9 Å². The van der Waals surface area contributed by atoms with Gasteiger partial charge in [-0.15, -0.1) is 0 Å². The smallest absolute Gasteiger partial charge is 0.341 e. The summed E-state index contributed by atoms with van der Waals surface area (Å²) in [5.74, 6) is -1.34. The lowest BCUT2D eigenvalue weighted by molar-refractivity contribution is -0.145. The van der Waals surface area contributed by atoms with E-state index in [4.69, 9.17) is 11.6 Å². The average molecular weight is 346 g/mol. The van der Waals surface area contributed by atoms with Crippen LogP contribution in [0.25, 0.3) is 0 Å². The lowest BCUT2D eigenvalue weighted by atomic mass is 10.1. The van der Waals surface area contributed by atoms with Crippen molar-refractivity contribution in [2.24, 2.45) is 0 Å². The third-order valence-corrected chi connectivity index (χ3v) is 3.33. The highest BCUT2D eigenvalue weighted by Gasteiger charge is 2.36. The molecule has 2 rings (SSSR count). The molecule has 2 aromatic heterocycles. The molecule has 2 aromatic rings. The van der Waals surface area contributed by atoms with E-state index in [2.05, 4.69) is 19.9 Å². The maximum Gasteiger partial charge on any atom is 0.451 e. The summed E-state index contributed by atoms with van der Waals surface area (Å²) >= 11 is 5.59. The number of anilines is 1. The lowest BCUT2D eigenvalue weighted by Crippen LogP contribution is -2.28. The maximum absolute atomic E-state index is 12.8. The second-order valence-corrected chi connectivity index (χ2v) is 5.10. The number of hydrogen-bond donors (Lipinski definition) is 0. The maximum atomic E-state index is 12.8. The van der Waals surface area contributed by atoms with Gasteiger partial charge in [0.1, 0.15) is 0 Å². The van der Waals surface area contributed by atoms with Crippen LogP contribution in [0.3, 0.4) is 0 Å². The van der Waals surface area contributed by atoms with Crippen molar-refractivity contribution in [2.75, 3.05) is 18.0 Å². The Hall–Kier alpha value is -1.96. The molecule has 0 atom stereocenters. The molecular formula is C14H15ClF3N5. The van der Waals surface area contributed by atoms with Crippen molar-refractivity contribution in [3.8, 4) is 0 Å². The number of aryl methyl sites for hydroxylation is 1. The number of pyridine rings is 1. The average Bonchev–Trinajstić information content (AvgIpc) is 2.51. The van der Waals surface area contributed by atoms with Crippen LogP contribution < -0.4 is 4.90 Å². The van der Waals surface area contributed by atoms with Crippen LogP contribution >= 0.6 is 11.6 Å². The van der Waals surface area contributed by atoms with Gasteiger partial charge in [-0.1, -0.05) is 0 Å². The SMILES string of the molecule is CCN(CCCc1ccncc1)c1nc(Cl)nc(C(F)(F)F)n1. The summed E-state index contributed by atoms with van der Waals surface area (Å²) in [6.07, 6.45) is 0.271. The molecule has 0 N–H and O–H groups in total. The topological polar surface area (TPSA) is 54.8 Å². The first-order chi connectivity index (χ1) is 10.9. The molecule has 0 aliphatic carbocycles. The molecule has 0 unspecified atom stereocenters. The summed E-state index contributed by atoms with van der Waals surface area (Å²) in [5, 5.41) is -0.463. The summed E-state index contributed by atoms with van der Waals surface area (Å²) < 4.78 is 38.3. The lowest BCUT2D eigenvalue weighted by Gasteiger charge is -2.21. The van der Waals surface area contributed by atoms with Crippen LogP contribution in [-0.4, -0.2) is 33.0 Å². The molecule has 23 heavy (non-hydrogen) atoms. The number of alkyl halides is 3. The van der Waals surface area contributed by atoms with Crippen molar-refractivity contribution >= 4 is 17.5 Å². The van der Waals surface area contributed by atoms with Gasteiger partial charge in [0.15, 0.2) is 0 Å². The fourth-order valence-corrected chi connectivity index (χ4v) is 2.19. The van der Waals surface area contributed by atoms with Crippen molar-refractivity contribution < 1.29 is 13.2 Å². The number of aromatic nitrogens is 4. The van der Waals surface area contributed by atoms with Crippen molar-refractivity contribution in [3.05, 3.63) is 41.2 Å². The number of rotatable bonds is 6. The Bertz CT molecular complexity index is 636. The summed E-state index contributed by atoms with van der Waals surface area (Å²) in [7, 11) is 0. The summed E-state index contributed by atoms with van der Waals surface area (Å²) in [6.45, 7) is 2.79. The van der Waals surface area contributed by atoms with Crippen LogP contribution in [0.1, 0.15) is 24.7 Å². The van der Waals surface area contributed by atoms with Crippen molar-refractivity contribution in [1.29, 1.82) is 0 Å². The predicted octanol–water partition coefficient (Wildman–Crippen LogP) is 3.40. The first-order valence-electron chi connectivity index (χ1n) is 7.02. The van der Waals surface area contributed by atoms with Gasteiger partial charge in [-0.25, -0.2) is 0 Å². The first-order valence-corrected chi connectivity index (χ1v) is 7.40. The van der Waals surface area contributed by atoms with E-state index in [1.807, 2.05) is 19.1 Å². The van der Waals surface area contributed by atoms with E-state index in [-0.39, 0.29) is 5.95 Å². The van der Waals surface area contributed by atoms with Gasteiger partial charge in [0.05, 0.1) is 0 Å². The van der Waals surface area contributed by atoms with E-state index in [1.54, 1.807) is 17.3 Å². The highest BCUT2D eigenvalue weighted by molar-refractivity contribution is 6.28. The van der Waals surface area contributed by atoms with Crippen molar-refractivity contribution in [1.82, 2.24) is 19.9 Å². The van der Waals surface area contributed by atoms with E-state index in [9.17, 15) is 13.2 Å². The van der Waals surface area contributed by atoms with Crippen LogP contribution in [0.15, 0.2) is 24.5 Å². The van der Waals surface area contributed by atoms with E-state index >= 15 is 0 Å². The van der Waals surface area contributed by atoms with Gasteiger partial charge in [0, 0.05) is 25.5 Å². The van der Waals surface area contributed by atoms with Crippen LogP contribution in [-0.2, 0) is 12.6 Å². The van der Waals surface area contributed by atoms with E-state index in [1.165, 1.54) is 0 Å². The van der Waals surface area contributed by atoms with Crippen LogP contribution in [0.2, 0.25) is 5.28 Å². The molecule has 0 aliphatic rings. The molecule has 0 radical (unpaired) electrons. The van der Waals surface area contributed by atoms with Gasteiger partial charge in [-0.05, 0) is 49.1 Å². The molecule has 0 saturated heterocycles. The van der Waals surface area contributed by atoms with E-state index < -0.39 is 17.3 Å². The van der Waals surface area contributed by atoms with Crippen LogP contribution in [0.5, 0.6) is 0 Å². The van der Waals surface area contributed by atoms with Gasteiger partial charge in [0.2, 0.25) is 17.1 Å². The predicted molar refractivity (Wildman–Crippen MR) is 80.3 cm³/mol. The Labute approximate surface area is 136 Å². The molecule has 5 nitrogen and oxygen atoms in total. The Kier molecular flexibility index (Phi) is 5.70. The van der Waals surface area contributed by atoms with Crippen LogP contribution in [0.4, 0.5) is 19.1 Å². The molecule has 0 spiro atoms. The third-order valence-electron chi connectivity index (χ3n) is 3.16. The second-order valence-electron chi connectivity index (χ2n) is 4.76. The highest BCUT2D eigenvalue weighted by Crippen LogP contribution is 2.27. The summed E-state index contributed by atoms with van der Waals surface area (Å²) in [4.78, 5) is 16.0. The highest BCUT2D eigenvalue weighted by atomic mass is 35.5. The summed E-state index contributed by atoms with van der Waals surface area (Å²) in [5.41, 5.74) is 1.11. The number of hydrogen-bond acceptors (Lipinski definition) is 5. The Balaban J connectivity index is 2.07. The molecule has 0 aromatic carbocycles. The fraction of sp³-hybridized carbons (Fsp3) is 0.429. The fourth-order valence-electron chi connectivity index (χ4n) is 2.03. The van der Waals surface area contributed by atoms with Gasteiger partial charge in [0.25, 0.3) is 0 Å². The van der Waals surface area contributed by atoms with Crippen LogP contribution in [0, 0.1) is 0 Å². The molecule has 0 amide bonds. The zero-order chi connectivity index (χ0) is 16.9. The monoisotopic (exact) mass is 345 g/mol. The minimum absolute atomic E-state index is 0.0606. The van der Waals surface area contributed by atoms with Gasteiger partial charge >= 0.3 is 6.18 Å². The zero-order valence-electron chi connectivity index (χ0n) is 12.4. The molecule has 2 heterocycles. The van der Waals surface area contributed by atoms with Gasteiger partial charge in [-0.3, -0.25) is 4.98 Å². The van der Waals surface area contributed by atoms with Gasteiger partial charge < -0.3 is 4.90 Å². The Morgan fingerprint density at radius 2 is 1.83 bits per heavy atom. The third kappa shape index (κ3) is 5.02. The second kappa shape index (κ2) is 7.54. The van der Waals surface area contributed by atoms with Crippen molar-refractivity contribution in [3.63, 3.8) is 0 Å². The van der Waals surface area contributed by atoms with E-state index in [0.29, 0.717) is 13.1 Å². The Morgan fingerprint density at radius 3 is 2.43 bits per heavy atom. The molecule has 124 valence electrons. The number of nitrogens with zero attached hydrogens (tertiary/aromatic N) is 5. The standard InChI is InChI=1S/C14H15ClF3N5/c1-2-23(9-3-4-10-5-7-19-8-6-10)13-21-11(14(16,17)18)20-12(15)22-13/h5-8H,2-4,9H2,1H3. The summed E-state index contributed by atoms with van der Waals surface area (Å²) in [6, 6.07) is 3.80. The minimum Gasteiger partial charge on any atom is -0.341 e. The van der Waals surface area contributed by atoms with E-state index in [0.717, 1.165) is 18.4 Å². The number of halogens is 4.